The molecule has 0 radical (unpaired) electrons. The van der Waals surface area contributed by atoms with E-state index in [4.69, 9.17) is 9.84 Å². The van der Waals surface area contributed by atoms with Gasteiger partial charge in [0.2, 0.25) is 5.91 Å². The summed E-state index contributed by atoms with van der Waals surface area (Å²) in [7, 11) is 0. The van der Waals surface area contributed by atoms with Crippen molar-refractivity contribution in [2.45, 2.75) is 103 Å². The molecule has 1 aliphatic heterocycles. The van der Waals surface area contributed by atoms with Gasteiger partial charge in [0, 0.05) is 18.2 Å². The zero-order valence-corrected chi connectivity index (χ0v) is 22.2. The fourth-order valence-electron chi connectivity index (χ4n) is 5.42. The highest BCUT2D eigenvalue weighted by Gasteiger charge is 2.48. The van der Waals surface area contributed by atoms with Crippen LogP contribution in [0.5, 0.6) is 5.75 Å². The van der Waals surface area contributed by atoms with E-state index < -0.39 is 5.54 Å². The molecule has 2 aromatic rings. The number of ether oxygens (including phenoxy) is 1. The van der Waals surface area contributed by atoms with Crippen LogP contribution in [-0.2, 0) is 11.3 Å². The summed E-state index contributed by atoms with van der Waals surface area (Å²) < 4.78 is 7.75. The first-order chi connectivity index (χ1) is 17.5. The molecule has 2 amide bonds. The normalized spacial score (nSPS) is 21.0. The predicted molar refractivity (Wildman–Crippen MR) is 142 cm³/mol. The molecular formula is C29H42N4O3. The Balaban J connectivity index is 1.61. The Bertz CT molecular complexity index is 1040. The molecule has 2 aliphatic rings. The average molecular weight is 495 g/mol. The smallest absolute Gasteiger partial charge is 0.273 e. The maximum absolute atomic E-state index is 13.7. The molecule has 1 fully saturated rings. The molecule has 36 heavy (non-hydrogen) atoms. The molecule has 4 rings (SSSR count). The maximum Gasteiger partial charge on any atom is 0.273 e. The Kier molecular flexibility index (Phi) is 8.70. The monoisotopic (exact) mass is 494 g/mol. The minimum absolute atomic E-state index is 0.0686. The fourth-order valence-corrected chi connectivity index (χ4v) is 5.42. The molecule has 1 saturated carbocycles. The van der Waals surface area contributed by atoms with E-state index in [0.29, 0.717) is 31.1 Å². The second-order valence-corrected chi connectivity index (χ2v) is 10.5. The highest BCUT2D eigenvalue weighted by molar-refractivity contribution is 6.00. The largest absolute Gasteiger partial charge is 0.493 e. The highest BCUT2D eigenvalue weighted by atomic mass is 16.5. The van der Waals surface area contributed by atoms with Crippen LogP contribution in [0.25, 0.3) is 11.3 Å². The Morgan fingerprint density at radius 1 is 1.11 bits per heavy atom. The van der Waals surface area contributed by atoms with Gasteiger partial charge in [-0.25, -0.2) is 0 Å². The summed E-state index contributed by atoms with van der Waals surface area (Å²) >= 11 is 0. The van der Waals surface area contributed by atoms with Crippen LogP contribution in [0.2, 0.25) is 0 Å². The number of carbonyl (C=O) groups is 2. The zero-order valence-electron chi connectivity index (χ0n) is 22.2. The standard InChI is InChI=1S/C29H42N4O3/c1-4-6-19-36-26-17-13-12-16-23(26)24-20-25-27(34)32(18-5-2)29(3,21-33(25)31-24)28(35)30-22-14-10-8-7-9-11-15-22/h12-13,16-17,20,22H,4-11,14-15,18-19,21H2,1-3H3,(H,30,35)/t29-/m1/s1. The molecule has 1 N–H and O–H groups in total. The fraction of sp³-hybridized carbons (Fsp3) is 0.621. The summed E-state index contributed by atoms with van der Waals surface area (Å²) in [5.74, 6) is 0.562. The van der Waals surface area contributed by atoms with Crippen LogP contribution >= 0.6 is 0 Å². The Labute approximate surface area is 215 Å². The molecule has 1 aromatic carbocycles. The lowest BCUT2D eigenvalue weighted by atomic mass is 9.92. The van der Waals surface area contributed by atoms with Crippen molar-refractivity contribution in [2.24, 2.45) is 0 Å². The number of para-hydroxylation sites is 1. The van der Waals surface area contributed by atoms with Crippen molar-refractivity contribution in [1.29, 1.82) is 0 Å². The van der Waals surface area contributed by atoms with Gasteiger partial charge < -0.3 is 15.0 Å². The van der Waals surface area contributed by atoms with E-state index in [0.717, 1.165) is 56.3 Å². The topological polar surface area (TPSA) is 76.5 Å². The first-order valence-electron chi connectivity index (χ1n) is 13.9. The molecule has 196 valence electrons. The van der Waals surface area contributed by atoms with Crippen LogP contribution in [-0.4, -0.2) is 51.2 Å². The van der Waals surface area contributed by atoms with Crippen LogP contribution in [0.3, 0.4) is 0 Å². The van der Waals surface area contributed by atoms with Crippen LogP contribution in [0, 0.1) is 0 Å². The third-order valence-electron chi connectivity index (χ3n) is 7.59. The number of amides is 2. The number of benzene rings is 1. The number of unbranched alkanes of at least 4 members (excludes halogenated alkanes) is 1. The van der Waals surface area contributed by atoms with E-state index in [2.05, 4.69) is 12.2 Å². The van der Waals surface area contributed by atoms with E-state index in [9.17, 15) is 9.59 Å². The van der Waals surface area contributed by atoms with Gasteiger partial charge in [0.25, 0.3) is 5.91 Å². The number of rotatable bonds is 9. The summed E-state index contributed by atoms with van der Waals surface area (Å²) in [5, 5.41) is 8.14. The predicted octanol–water partition coefficient (Wildman–Crippen LogP) is 5.58. The minimum Gasteiger partial charge on any atom is -0.493 e. The van der Waals surface area contributed by atoms with Crippen molar-refractivity contribution in [1.82, 2.24) is 20.0 Å². The summed E-state index contributed by atoms with van der Waals surface area (Å²) in [6.07, 6.45) is 10.9. The Morgan fingerprint density at radius 3 is 2.56 bits per heavy atom. The van der Waals surface area contributed by atoms with Crippen molar-refractivity contribution >= 4 is 11.8 Å². The van der Waals surface area contributed by atoms with Gasteiger partial charge in [-0.15, -0.1) is 0 Å². The van der Waals surface area contributed by atoms with Gasteiger partial charge in [-0.3, -0.25) is 14.3 Å². The van der Waals surface area contributed by atoms with Gasteiger partial charge in [-0.2, -0.15) is 5.10 Å². The number of hydrogen-bond donors (Lipinski definition) is 1. The maximum atomic E-state index is 13.7. The first-order valence-corrected chi connectivity index (χ1v) is 13.9. The molecule has 0 spiro atoms. The average Bonchev–Trinajstić information content (AvgIpc) is 3.27. The summed E-state index contributed by atoms with van der Waals surface area (Å²) in [4.78, 5) is 29.2. The van der Waals surface area contributed by atoms with Gasteiger partial charge in [0.05, 0.1) is 18.8 Å². The third kappa shape index (κ3) is 5.60. The molecule has 1 atom stereocenters. The quantitative estimate of drug-likeness (QED) is 0.462. The van der Waals surface area contributed by atoms with E-state index in [1.54, 1.807) is 9.58 Å². The lowest BCUT2D eigenvalue weighted by Crippen LogP contribution is -2.65. The number of aromatic nitrogens is 2. The number of carbonyl (C=O) groups excluding carboxylic acids is 2. The first kappa shape index (κ1) is 26.2. The summed E-state index contributed by atoms with van der Waals surface area (Å²) in [5.41, 5.74) is 1.11. The lowest BCUT2D eigenvalue weighted by molar-refractivity contribution is -0.134. The van der Waals surface area contributed by atoms with Crippen molar-refractivity contribution < 1.29 is 14.3 Å². The van der Waals surface area contributed by atoms with E-state index in [1.807, 2.05) is 44.2 Å². The molecule has 7 nitrogen and oxygen atoms in total. The number of fused-ring (bicyclic) bond motifs is 1. The second-order valence-electron chi connectivity index (χ2n) is 10.5. The van der Waals surface area contributed by atoms with Crippen molar-refractivity contribution in [2.75, 3.05) is 13.2 Å². The Morgan fingerprint density at radius 2 is 1.83 bits per heavy atom. The Hall–Kier alpha value is -2.83. The van der Waals surface area contributed by atoms with Gasteiger partial charge in [0.15, 0.2) is 0 Å². The summed E-state index contributed by atoms with van der Waals surface area (Å²) in [6.45, 7) is 7.59. The van der Waals surface area contributed by atoms with Crippen molar-refractivity contribution in [3.05, 3.63) is 36.0 Å². The lowest BCUT2D eigenvalue weighted by Gasteiger charge is -2.43. The van der Waals surface area contributed by atoms with Crippen LogP contribution in [0.1, 0.15) is 95.5 Å². The highest BCUT2D eigenvalue weighted by Crippen LogP contribution is 2.34. The van der Waals surface area contributed by atoms with E-state index >= 15 is 0 Å². The summed E-state index contributed by atoms with van der Waals surface area (Å²) in [6, 6.07) is 9.85. The molecule has 1 aliphatic carbocycles. The molecular weight excluding hydrogens is 452 g/mol. The number of hydrogen-bond acceptors (Lipinski definition) is 4. The molecule has 7 heteroatoms. The van der Waals surface area contributed by atoms with Gasteiger partial charge >= 0.3 is 0 Å². The number of nitrogens with one attached hydrogen (secondary N) is 1. The number of nitrogens with zero attached hydrogens (tertiary/aromatic N) is 3. The van der Waals surface area contributed by atoms with Gasteiger partial charge in [-0.1, -0.05) is 64.5 Å². The van der Waals surface area contributed by atoms with E-state index in [-0.39, 0.29) is 17.9 Å². The van der Waals surface area contributed by atoms with Crippen molar-refractivity contribution in [3.8, 4) is 17.0 Å². The SMILES string of the molecule is CCCCOc1ccccc1-c1cc2n(n1)C[C@](C)(C(=O)NC1CCCCCCC1)N(CCC)C2=O. The van der Waals surface area contributed by atoms with Gasteiger partial charge in [-0.05, 0) is 50.8 Å². The third-order valence-corrected chi connectivity index (χ3v) is 7.59. The molecule has 2 heterocycles. The molecule has 0 saturated heterocycles. The van der Waals surface area contributed by atoms with Crippen molar-refractivity contribution in [3.63, 3.8) is 0 Å². The zero-order chi connectivity index (χ0) is 25.5. The van der Waals surface area contributed by atoms with Crippen LogP contribution < -0.4 is 10.1 Å². The molecule has 1 aromatic heterocycles. The van der Waals surface area contributed by atoms with Gasteiger partial charge in [0.1, 0.15) is 17.0 Å². The minimum atomic E-state index is -0.983. The molecule has 0 unspecified atom stereocenters. The van der Waals surface area contributed by atoms with E-state index in [1.165, 1.54) is 19.3 Å². The van der Waals surface area contributed by atoms with Crippen LogP contribution in [0.15, 0.2) is 30.3 Å². The molecule has 0 bridgehead atoms. The van der Waals surface area contributed by atoms with Crippen LogP contribution in [0.4, 0.5) is 0 Å². The second kappa shape index (κ2) is 11.9.